The van der Waals surface area contributed by atoms with Crippen LogP contribution in [0.2, 0.25) is 0 Å². The van der Waals surface area contributed by atoms with Gasteiger partial charge in [0, 0.05) is 31.8 Å². The number of likely N-dealkylation sites (tertiary alicyclic amines) is 1. The van der Waals surface area contributed by atoms with E-state index in [0.717, 1.165) is 18.7 Å². The Hall–Kier alpha value is -0.120. The summed E-state index contributed by atoms with van der Waals surface area (Å²) in [7, 11) is 2.10. The minimum Gasteiger partial charge on any atom is -0.375 e. The van der Waals surface area contributed by atoms with Crippen molar-refractivity contribution in [3.05, 3.63) is 0 Å². The molecule has 2 unspecified atom stereocenters. The molecule has 0 aromatic rings. The second-order valence-electron chi connectivity index (χ2n) is 6.51. The first kappa shape index (κ1) is 12.9. The Morgan fingerprint density at radius 1 is 1.17 bits per heavy atom. The van der Waals surface area contributed by atoms with Gasteiger partial charge in [0.25, 0.3) is 0 Å². The second kappa shape index (κ2) is 5.48. The van der Waals surface area contributed by atoms with E-state index < -0.39 is 0 Å². The van der Waals surface area contributed by atoms with Crippen molar-refractivity contribution < 1.29 is 4.74 Å². The predicted molar refractivity (Wildman–Crippen MR) is 73.8 cm³/mol. The molecule has 1 spiro atoms. The monoisotopic (exact) mass is 252 g/mol. The quantitative estimate of drug-likeness (QED) is 0.815. The Morgan fingerprint density at radius 2 is 2.00 bits per heavy atom. The van der Waals surface area contributed by atoms with Crippen LogP contribution in [0.5, 0.6) is 0 Å². The number of ether oxygens (including phenoxy) is 1. The number of likely N-dealkylation sites (N-methyl/N-ethyl adjacent to an activating group) is 1. The van der Waals surface area contributed by atoms with Crippen LogP contribution in [-0.4, -0.2) is 49.3 Å². The van der Waals surface area contributed by atoms with Crippen LogP contribution in [-0.2, 0) is 4.74 Å². The lowest BCUT2D eigenvalue weighted by Crippen LogP contribution is -2.49. The highest BCUT2D eigenvalue weighted by Gasteiger charge is 2.41. The zero-order valence-electron chi connectivity index (χ0n) is 11.8. The van der Waals surface area contributed by atoms with E-state index in [9.17, 15) is 0 Å². The van der Waals surface area contributed by atoms with Crippen LogP contribution in [0.1, 0.15) is 51.4 Å². The third-order valence-corrected chi connectivity index (χ3v) is 5.38. The normalized spacial score (nSPS) is 37.2. The molecule has 18 heavy (non-hydrogen) atoms. The van der Waals surface area contributed by atoms with Crippen LogP contribution in [0.15, 0.2) is 0 Å². The number of nitrogens with zero attached hydrogens (tertiary/aromatic N) is 1. The largest absolute Gasteiger partial charge is 0.375 e. The fourth-order valence-electron chi connectivity index (χ4n) is 4.21. The highest BCUT2D eigenvalue weighted by Crippen LogP contribution is 2.40. The molecule has 0 radical (unpaired) electrons. The van der Waals surface area contributed by atoms with Gasteiger partial charge in [0.2, 0.25) is 0 Å². The average molecular weight is 252 g/mol. The van der Waals surface area contributed by atoms with E-state index in [2.05, 4.69) is 17.3 Å². The summed E-state index contributed by atoms with van der Waals surface area (Å²) in [4.78, 5) is 2.72. The molecule has 3 rings (SSSR count). The third-order valence-electron chi connectivity index (χ3n) is 5.38. The van der Waals surface area contributed by atoms with E-state index in [4.69, 9.17) is 4.74 Å². The van der Waals surface area contributed by atoms with Crippen LogP contribution in [0.3, 0.4) is 0 Å². The Morgan fingerprint density at radius 3 is 2.72 bits per heavy atom. The Balaban J connectivity index is 1.60. The third kappa shape index (κ3) is 2.59. The van der Waals surface area contributed by atoms with Crippen molar-refractivity contribution in [2.45, 2.75) is 69.1 Å². The lowest BCUT2D eigenvalue weighted by molar-refractivity contribution is -0.122. The van der Waals surface area contributed by atoms with E-state index in [0.29, 0.717) is 0 Å². The summed E-state index contributed by atoms with van der Waals surface area (Å²) in [6.45, 7) is 3.52. The standard InChI is InChI=1S/C15H28N2O/c1-16-13-5-9-17(12-13)14-6-10-18-15(11-14)7-3-2-4-8-15/h13-14,16H,2-12H2,1H3. The van der Waals surface area contributed by atoms with E-state index >= 15 is 0 Å². The molecule has 2 saturated heterocycles. The summed E-state index contributed by atoms with van der Waals surface area (Å²) in [5.74, 6) is 0. The summed E-state index contributed by atoms with van der Waals surface area (Å²) in [6.07, 6.45) is 10.7. The topological polar surface area (TPSA) is 24.5 Å². The molecule has 2 aliphatic heterocycles. The lowest BCUT2D eigenvalue weighted by Gasteiger charge is -2.46. The van der Waals surface area contributed by atoms with Crippen molar-refractivity contribution in [1.29, 1.82) is 0 Å². The van der Waals surface area contributed by atoms with Crippen molar-refractivity contribution in [3.63, 3.8) is 0 Å². The molecule has 0 amide bonds. The van der Waals surface area contributed by atoms with Gasteiger partial charge in [-0.15, -0.1) is 0 Å². The molecule has 1 N–H and O–H groups in total. The minimum absolute atomic E-state index is 0.263. The molecule has 2 heterocycles. The molecule has 3 fully saturated rings. The Kier molecular flexibility index (Phi) is 3.92. The van der Waals surface area contributed by atoms with Gasteiger partial charge in [0.1, 0.15) is 0 Å². The number of rotatable bonds is 2. The van der Waals surface area contributed by atoms with Gasteiger partial charge in [-0.2, -0.15) is 0 Å². The van der Waals surface area contributed by atoms with E-state index in [1.54, 1.807) is 0 Å². The van der Waals surface area contributed by atoms with Crippen LogP contribution in [0.25, 0.3) is 0 Å². The van der Waals surface area contributed by atoms with Crippen molar-refractivity contribution in [1.82, 2.24) is 10.2 Å². The maximum absolute atomic E-state index is 6.21. The summed E-state index contributed by atoms with van der Waals surface area (Å²) in [5, 5.41) is 3.43. The van der Waals surface area contributed by atoms with E-state index in [-0.39, 0.29) is 5.60 Å². The van der Waals surface area contributed by atoms with Gasteiger partial charge in [0.05, 0.1) is 5.60 Å². The van der Waals surface area contributed by atoms with Crippen molar-refractivity contribution in [2.75, 3.05) is 26.7 Å². The second-order valence-corrected chi connectivity index (χ2v) is 6.51. The average Bonchev–Trinajstić information content (AvgIpc) is 2.88. The van der Waals surface area contributed by atoms with Gasteiger partial charge in [-0.05, 0) is 39.2 Å². The summed E-state index contributed by atoms with van der Waals surface area (Å²) in [5.41, 5.74) is 0.263. The molecular weight excluding hydrogens is 224 g/mol. The smallest absolute Gasteiger partial charge is 0.0697 e. The Labute approximate surface area is 111 Å². The first-order valence-electron chi connectivity index (χ1n) is 7.87. The fraction of sp³-hybridized carbons (Fsp3) is 1.00. The fourth-order valence-corrected chi connectivity index (χ4v) is 4.21. The zero-order valence-corrected chi connectivity index (χ0v) is 11.8. The minimum atomic E-state index is 0.263. The molecule has 3 aliphatic rings. The Bertz CT molecular complexity index is 270. The first-order valence-corrected chi connectivity index (χ1v) is 7.87. The lowest BCUT2D eigenvalue weighted by atomic mass is 9.78. The van der Waals surface area contributed by atoms with Crippen LogP contribution >= 0.6 is 0 Å². The highest BCUT2D eigenvalue weighted by molar-refractivity contribution is 4.95. The first-order chi connectivity index (χ1) is 8.81. The zero-order chi connectivity index (χ0) is 12.4. The summed E-state index contributed by atoms with van der Waals surface area (Å²) in [6, 6.07) is 1.50. The van der Waals surface area contributed by atoms with Crippen molar-refractivity contribution >= 4 is 0 Å². The summed E-state index contributed by atoms with van der Waals surface area (Å²) >= 11 is 0. The number of hydrogen-bond acceptors (Lipinski definition) is 3. The molecule has 3 heteroatoms. The van der Waals surface area contributed by atoms with E-state index in [1.807, 2.05) is 0 Å². The van der Waals surface area contributed by atoms with Crippen LogP contribution in [0.4, 0.5) is 0 Å². The predicted octanol–water partition coefficient (Wildman–Crippen LogP) is 2.16. The SMILES string of the molecule is CNC1CCN(C2CCOC3(CCCCC3)C2)C1. The highest BCUT2D eigenvalue weighted by atomic mass is 16.5. The van der Waals surface area contributed by atoms with Crippen LogP contribution < -0.4 is 5.32 Å². The van der Waals surface area contributed by atoms with Crippen molar-refractivity contribution in [3.8, 4) is 0 Å². The van der Waals surface area contributed by atoms with Crippen LogP contribution in [0, 0.1) is 0 Å². The maximum Gasteiger partial charge on any atom is 0.0697 e. The van der Waals surface area contributed by atoms with Gasteiger partial charge >= 0.3 is 0 Å². The molecular formula is C15H28N2O. The van der Waals surface area contributed by atoms with Gasteiger partial charge in [-0.25, -0.2) is 0 Å². The molecule has 104 valence electrons. The van der Waals surface area contributed by atoms with Gasteiger partial charge < -0.3 is 10.1 Å². The van der Waals surface area contributed by atoms with E-state index in [1.165, 1.54) is 64.5 Å². The number of nitrogens with one attached hydrogen (secondary N) is 1. The van der Waals surface area contributed by atoms with Gasteiger partial charge in [-0.3, -0.25) is 4.90 Å². The number of hydrogen-bond donors (Lipinski definition) is 1. The van der Waals surface area contributed by atoms with Gasteiger partial charge in [-0.1, -0.05) is 19.3 Å². The molecule has 3 nitrogen and oxygen atoms in total. The molecule has 1 saturated carbocycles. The summed E-state index contributed by atoms with van der Waals surface area (Å²) < 4.78 is 6.21. The molecule has 0 aromatic heterocycles. The van der Waals surface area contributed by atoms with Gasteiger partial charge in [0.15, 0.2) is 0 Å². The molecule has 1 aliphatic carbocycles. The van der Waals surface area contributed by atoms with Crippen molar-refractivity contribution in [2.24, 2.45) is 0 Å². The molecule has 0 aromatic carbocycles. The maximum atomic E-state index is 6.21. The molecule has 0 bridgehead atoms. The molecule has 2 atom stereocenters.